The van der Waals surface area contributed by atoms with E-state index >= 15 is 0 Å². The average molecular weight is 292 g/mol. The molecule has 20 heavy (non-hydrogen) atoms. The van der Waals surface area contributed by atoms with Crippen LogP contribution in [0.4, 0.5) is 0 Å². The van der Waals surface area contributed by atoms with Crippen molar-refractivity contribution < 1.29 is 4.55 Å². The Hall–Kier alpha value is -0.870. The molecule has 0 bridgehead atoms. The Morgan fingerprint density at radius 1 is 1.50 bits per heavy atom. The Morgan fingerprint density at radius 2 is 2.20 bits per heavy atom. The molecule has 0 N–H and O–H groups in total. The topological polar surface area (TPSA) is 48.3 Å². The second kappa shape index (κ2) is 6.27. The minimum absolute atomic E-state index is 0.279. The van der Waals surface area contributed by atoms with E-state index < -0.39 is 11.4 Å². The Labute approximate surface area is 125 Å². The van der Waals surface area contributed by atoms with Crippen molar-refractivity contribution in [3.8, 4) is 0 Å². The highest BCUT2D eigenvalue weighted by Gasteiger charge is 2.32. The van der Waals surface area contributed by atoms with Crippen molar-refractivity contribution in [2.45, 2.75) is 57.6 Å². The lowest BCUT2D eigenvalue weighted by molar-refractivity contribution is 0.561. The number of rotatable bonds is 5. The first kappa shape index (κ1) is 15.5. The molecule has 2 rings (SSSR count). The lowest BCUT2D eigenvalue weighted by atomic mass is 9.92. The standard InChI is InChI=1S/C16H24N2OS/c1-12-11-14(7-9-17-12)15(13-5-6-13)8-10-18-20(19)16(2,3)4/h7,9-11,13,15H,5-6,8H2,1-4H3. The van der Waals surface area contributed by atoms with Gasteiger partial charge in [0, 0.05) is 11.9 Å². The van der Waals surface area contributed by atoms with Crippen LogP contribution in [-0.2, 0) is 11.4 Å². The van der Waals surface area contributed by atoms with Crippen molar-refractivity contribution in [1.29, 1.82) is 0 Å². The molecular weight excluding hydrogens is 268 g/mol. The molecule has 0 aliphatic heterocycles. The highest BCUT2D eigenvalue weighted by atomic mass is 32.2. The predicted molar refractivity (Wildman–Crippen MR) is 85.4 cm³/mol. The molecule has 1 aliphatic carbocycles. The molecule has 0 radical (unpaired) electrons. The van der Waals surface area contributed by atoms with Crippen molar-refractivity contribution in [2.24, 2.45) is 10.3 Å². The van der Waals surface area contributed by atoms with Gasteiger partial charge in [0.1, 0.15) is 16.1 Å². The van der Waals surface area contributed by atoms with Crippen molar-refractivity contribution in [3.05, 3.63) is 29.6 Å². The van der Waals surface area contributed by atoms with E-state index in [0.717, 1.165) is 18.0 Å². The molecule has 4 heteroatoms. The van der Waals surface area contributed by atoms with Crippen LogP contribution in [0.1, 0.15) is 57.2 Å². The van der Waals surface area contributed by atoms with E-state index in [1.54, 1.807) is 0 Å². The zero-order valence-electron chi connectivity index (χ0n) is 12.8. The van der Waals surface area contributed by atoms with Gasteiger partial charge in [0.15, 0.2) is 0 Å². The molecule has 0 amide bonds. The van der Waals surface area contributed by atoms with Gasteiger partial charge >= 0.3 is 0 Å². The van der Waals surface area contributed by atoms with E-state index in [4.69, 9.17) is 0 Å². The van der Waals surface area contributed by atoms with Gasteiger partial charge in [-0.15, -0.1) is 0 Å². The van der Waals surface area contributed by atoms with Gasteiger partial charge in [0.05, 0.1) is 6.21 Å². The number of hydrogen-bond acceptors (Lipinski definition) is 3. The Kier molecular flexibility index (Phi) is 4.86. The lowest BCUT2D eigenvalue weighted by Gasteiger charge is -2.18. The van der Waals surface area contributed by atoms with Crippen molar-refractivity contribution >= 4 is 17.6 Å². The Morgan fingerprint density at radius 3 is 2.75 bits per heavy atom. The first-order chi connectivity index (χ1) is 9.38. The molecule has 1 aromatic rings. The van der Waals surface area contributed by atoms with Crippen LogP contribution in [0.5, 0.6) is 0 Å². The third kappa shape index (κ3) is 4.32. The minimum Gasteiger partial charge on any atom is -0.591 e. The summed E-state index contributed by atoms with van der Waals surface area (Å²) in [4.78, 5) is 4.26. The summed E-state index contributed by atoms with van der Waals surface area (Å²) in [5.41, 5.74) is 2.40. The second-order valence-electron chi connectivity index (χ2n) is 6.56. The minimum atomic E-state index is -1.15. The quantitative estimate of drug-likeness (QED) is 0.612. The summed E-state index contributed by atoms with van der Waals surface area (Å²) in [6.07, 6.45) is 7.20. The van der Waals surface area contributed by atoms with E-state index in [9.17, 15) is 4.55 Å². The van der Waals surface area contributed by atoms with Crippen molar-refractivity contribution in [1.82, 2.24) is 4.98 Å². The van der Waals surface area contributed by atoms with E-state index in [1.165, 1.54) is 18.4 Å². The molecule has 0 saturated heterocycles. The zero-order valence-corrected chi connectivity index (χ0v) is 13.6. The summed E-state index contributed by atoms with van der Waals surface area (Å²) >= 11 is -1.15. The number of pyridine rings is 1. The van der Waals surface area contributed by atoms with Gasteiger partial charge in [-0.2, -0.15) is 0 Å². The van der Waals surface area contributed by atoms with Crippen LogP contribution in [0.3, 0.4) is 0 Å². The first-order valence-electron chi connectivity index (χ1n) is 7.25. The number of nitrogens with zero attached hydrogens (tertiary/aromatic N) is 2. The Balaban J connectivity index is 2.02. The monoisotopic (exact) mass is 292 g/mol. The maximum absolute atomic E-state index is 11.9. The largest absolute Gasteiger partial charge is 0.591 e. The van der Waals surface area contributed by atoms with Crippen LogP contribution >= 0.6 is 0 Å². The van der Waals surface area contributed by atoms with Gasteiger partial charge in [-0.3, -0.25) is 4.98 Å². The van der Waals surface area contributed by atoms with Crippen LogP contribution in [0.25, 0.3) is 0 Å². The SMILES string of the molecule is Cc1cc(C(CC=N[S+]([O-])C(C)(C)C)C2CC2)ccn1. The molecule has 1 aliphatic rings. The van der Waals surface area contributed by atoms with E-state index in [0.29, 0.717) is 5.92 Å². The van der Waals surface area contributed by atoms with Gasteiger partial charge in [-0.1, -0.05) is 4.40 Å². The third-order valence-electron chi connectivity index (χ3n) is 3.59. The molecule has 3 nitrogen and oxygen atoms in total. The predicted octanol–water partition coefficient (Wildman–Crippen LogP) is 3.81. The highest BCUT2D eigenvalue weighted by molar-refractivity contribution is 7.91. The first-order valence-corrected chi connectivity index (χ1v) is 8.35. The molecule has 110 valence electrons. The number of aryl methyl sites for hydroxylation is 1. The van der Waals surface area contributed by atoms with Crippen LogP contribution in [0, 0.1) is 12.8 Å². The number of aromatic nitrogens is 1. The molecule has 1 heterocycles. The maximum atomic E-state index is 11.9. The molecule has 1 saturated carbocycles. The summed E-state index contributed by atoms with van der Waals surface area (Å²) in [6, 6.07) is 4.27. The zero-order chi connectivity index (χ0) is 14.8. The molecule has 2 unspecified atom stereocenters. The summed E-state index contributed by atoms with van der Waals surface area (Å²) in [7, 11) is 0. The normalized spacial score (nSPS) is 19.2. The fourth-order valence-corrected chi connectivity index (χ4v) is 2.82. The number of hydrogen-bond donors (Lipinski definition) is 0. The third-order valence-corrected chi connectivity index (χ3v) is 4.98. The Bertz CT molecular complexity index is 478. The summed E-state index contributed by atoms with van der Waals surface area (Å²) in [6.45, 7) is 7.87. The van der Waals surface area contributed by atoms with Crippen LogP contribution < -0.4 is 0 Å². The summed E-state index contributed by atoms with van der Waals surface area (Å²) in [5.74, 6) is 1.25. The smallest absolute Gasteiger partial charge is 0.144 e. The molecular formula is C16H24N2OS. The average Bonchev–Trinajstić information content (AvgIpc) is 3.17. The summed E-state index contributed by atoms with van der Waals surface area (Å²) in [5, 5.41) is 0. The van der Waals surface area contributed by atoms with Crippen molar-refractivity contribution in [3.63, 3.8) is 0 Å². The van der Waals surface area contributed by atoms with Gasteiger partial charge in [0.2, 0.25) is 0 Å². The van der Waals surface area contributed by atoms with Gasteiger partial charge in [-0.05, 0) is 76.5 Å². The molecule has 1 fully saturated rings. The van der Waals surface area contributed by atoms with Gasteiger partial charge in [-0.25, -0.2) is 0 Å². The highest BCUT2D eigenvalue weighted by Crippen LogP contribution is 2.44. The van der Waals surface area contributed by atoms with Crippen molar-refractivity contribution in [2.75, 3.05) is 0 Å². The summed E-state index contributed by atoms with van der Waals surface area (Å²) < 4.78 is 15.9. The van der Waals surface area contributed by atoms with E-state index in [-0.39, 0.29) is 4.75 Å². The van der Waals surface area contributed by atoms with Crippen LogP contribution in [-0.4, -0.2) is 20.5 Å². The molecule has 1 aromatic heterocycles. The maximum Gasteiger partial charge on any atom is 0.144 e. The van der Waals surface area contributed by atoms with Crippen LogP contribution in [0.15, 0.2) is 22.7 Å². The molecule has 0 spiro atoms. The molecule has 0 aromatic carbocycles. The second-order valence-corrected chi connectivity index (χ2v) is 8.49. The van der Waals surface area contributed by atoms with Gasteiger partial charge < -0.3 is 4.55 Å². The fourth-order valence-electron chi connectivity index (χ4n) is 2.28. The van der Waals surface area contributed by atoms with E-state index in [2.05, 4.69) is 21.5 Å². The van der Waals surface area contributed by atoms with Crippen LogP contribution in [0.2, 0.25) is 0 Å². The lowest BCUT2D eigenvalue weighted by Crippen LogP contribution is -2.25. The fraction of sp³-hybridized carbons (Fsp3) is 0.625. The molecule has 2 atom stereocenters. The van der Waals surface area contributed by atoms with E-state index in [1.807, 2.05) is 40.1 Å². The van der Waals surface area contributed by atoms with Gasteiger partial charge in [0.25, 0.3) is 0 Å².